The number of anilines is 1. The molecule has 0 aliphatic carbocycles. The van der Waals surface area contributed by atoms with Crippen molar-refractivity contribution < 1.29 is 4.79 Å². The average Bonchev–Trinajstić information content (AvgIpc) is 2.21. The van der Waals surface area contributed by atoms with Gasteiger partial charge in [0.2, 0.25) is 0 Å². The summed E-state index contributed by atoms with van der Waals surface area (Å²) in [7, 11) is 0. The van der Waals surface area contributed by atoms with Crippen LogP contribution in [0, 0.1) is 5.92 Å². The molecule has 1 aromatic heterocycles. The lowest BCUT2D eigenvalue weighted by Gasteiger charge is -2.08. The van der Waals surface area contributed by atoms with Crippen LogP contribution < -0.4 is 11.1 Å². The van der Waals surface area contributed by atoms with Crippen LogP contribution >= 0.6 is 11.6 Å². The summed E-state index contributed by atoms with van der Waals surface area (Å²) in [6.07, 6.45) is 2.32. The second-order valence-corrected chi connectivity index (χ2v) is 4.42. The highest BCUT2D eigenvalue weighted by molar-refractivity contribution is 6.29. The van der Waals surface area contributed by atoms with Crippen molar-refractivity contribution in [2.24, 2.45) is 5.92 Å². The maximum Gasteiger partial charge on any atom is 0.253 e. The van der Waals surface area contributed by atoms with Crippen LogP contribution in [0.2, 0.25) is 5.15 Å². The number of pyridine rings is 1. The molecule has 0 aromatic carbocycles. The molecule has 88 valence electrons. The molecule has 0 atom stereocenters. The molecule has 1 amide bonds. The number of halogens is 1. The van der Waals surface area contributed by atoms with Crippen molar-refractivity contribution in [1.29, 1.82) is 0 Å². The maximum absolute atomic E-state index is 11.7. The summed E-state index contributed by atoms with van der Waals surface area (Å²) in [4.78, 5) is 15.5. The summed E-state index contributed by atoms with van der Waals surface area (Å²) in [5.74, 6) is 0.348. The number of nitrogen functional groups attached to an aromatic ring is 1. The third-order valence-corrected chi connectivity index (χ3v) is 2.36. The first-order valence-electron chi connectivity index (χ1n) is 5.20. The smallest absolute Gasteiger partial charge is 0.253 e. The molecule has 4 nitrogen and oxygen atoms in total. The summed E-state index contributed by atoms with van der Waals surface area (Å²) in [6.45, 7) is 4.84. The van der Waals surface area contributed by atoms with E-state index in [0.29, 0.717) is 23.7 Å². The predicted molar refractivity (Wildman–Crippen MR) is 65.4 cm³/mol. The third kappa shape index (κ3) is 3.70. The van der Waals surface area contributed by atoms with Gasteiger partial charge in [0.25, 0.3) is 5.91 Å². The first kappa shape index (κ1) is 12.8. The van der Waals surface area contributed by atoms with Crippen molar-refractivity contribution in [3.05, 3.63) is 23.0 Å². The molecule has 0 aliphatic heterocycles. The summed E-state index contributed by atoms with van der Waals surface area (Å²) in [6, 6.07) is 1.47. The van der Waals surface area contributed by atoms with Crippen molar-refractivity contribution in [2.75, 3.05) is 12.3 Å². The molecular weight excluding hydrogens is 226 g/mol. The van der Waals surface area contributed by atoms with Gasteiger partial charge in [0.05, 0.1) is 17.4 Å². The number of nitrogens with zero attached hydrogens (tertiary/aromatic N) is 1. The molecule has 0 bridgehead atoms. The summed E-state index contributed by atoms with van der Waals surface area (Å²) < 4.78 is 0. The van der Waals surface area contributed by atoms with E-state index in [4.69, 9.17) is 17.3 Å². The number of hydrogen-bond donors (Lipinski definition) is 2. The molecule has 16 heavy (non-hydrogen) atoms. The van der Waals surface area contributed by atoms with Gasteiger partial charge in [-0.1, -0.05) is 25.4 Å². The summed E-state index contributed by atoms with van der Waals surface area (Å²) in [5, 5.41) is 3.06. The minimum Gasteiger partial charge on any atom is -0.397 e. The van der Waals surface area contributed by atoms with E-state index in [2.05, 4.69) is 24.1 Å². The molecule has 0 spiro atoms. The van der Waals surface area contributed by atoms with Crippen molar-refractivity contribution in [2.45, 2.75) is 20.3 Å². The lowest BCUT2D eigenvalue weighted by atomic mass is 10.1. The third-order valence-electron chi connectivity index (χ3n) is 2.15. The first-order valence-corrected chi connectivity index (χ1v) is 5.57. The molecule has 0 aliphatic rings. The van der Waals surface area contributed by atoms with Gasteiger partial charge in [-0.05, 0) is 18.4 Å². The molecule has 1 rings (SSSR count). The standard InChI is InChI=1S/C11H16ClN3O/c1-7(2)3-4-14-11(16)8-5-10(12)15-6-9(8)13/h5-7H,3-4,13H2,1-2H3,(H,14,16). The van der Waals surface area contributed by atoms with Crippen molar-refractivity contribution >= 4 is 23.2 Å². The predicted octanol–water partition coefficient (Wildman–Crippen LogP) is 2.09. The minimum absolute atomic E-state index is 0.206. The van der Waals surface area contributed by atoms with Crippen LogP contribution in [0.1, 0.15) is 30.6 Å². The Balaban J connectivity index is 2.62. The van der Waals surface area contributed by atoms with Gasteiger partial charge < -0.3 is 11.1 Å². The Morgan fingerprint density at radius 3 is 2.94 bits per heavy atom. The molecule has 1 heterocycles. The lowest BCUT2D eigenvalue weighted by molar-refractivity contribution is 0.0953. The topological polar surface area (TPSA) is 68.0 Å². The Labute approximate surface area is 100 Å². The summed E-state index contributed by atoms with van der Waals surface area (Å²) in [5.41, 5.74) is 6.36. The fraction of sp³-hybridized carbons (Fsp3) is 0.455. The van der Waals surface area contributed by atoms with E-state index >= 15 is 0 Å². The fourth-order valence-electron chi connectivity index (χ4n) is 1.21. The quantitative estimate of drug-likeness (QED) is 0.794. The van der Waals surface area contributed by atoms with E-state index in [1.807, 2.05) is 0 Å². The highest BCUT2D eigenvalue weighted by atomic mass is 35.5. The number of carbonyl (C=O) groups is 1. The number of nitrogens with two attached hydrogens (primary N) is 1. The molecule has 0 saturated heterocycles. The highest BCUT2D eigenvalue weighted by Crippen LogP contribution is 2.14. The first-order chi connectivity index (χ1) is 7.50. The van der Waals surface area contributed by atoms with Crippen LogP contribution in [-0.4, -0.2) is 17.4 Å². The number of aromatic nitrogens is 1. The monoisotopic (exact) mass is 241 g/mol. The number of nitrogens with one attached hydrogen (secondary N) is 1. The van der Waals surface area contributed by atoms with Crippen LogP contribution in [0.15, 0.2) is 12.3 Å². The number of rotatable bonds is 4. The van der Waals surface area contributed by atoms with E-state index < -0.39 is 0 Å². The van der Waals surface area contributed by atoms with E-state index in [0.717, 1.165) is 6.42 Å². The number of amides is 1. The number of hydrogen-bond acceptors (Lipinski definition) is 3. The van der Waals surface area contributed by atoms with Crippen LogP contribution in [0.5, 0.6) is 0 Å². The van der Waals surface area contributed by atoms with E-state index in [1.54, 1.807) is 0 Å². The van der Waals surface area contributed by atoms with Gasteiger partial charge in [0, 0.05) is 6.54 Å². The molecule has 3 N–H and O–H groups in total. The largest absolute Gasteiger partial charge is 0.397 e. The van der Waals surface area contributed by atoms with Crippen LogP contribution in [-0.2, 0) is 0 Å². The van der Waals surface area contributed by atoms with Gasteiger partial charge in [0.15, 0.2) is 0 Å². The highest BCUT2D eigenvalue weighted by Gasteiger charge is 2.10. The number of carbonyl (C=O) groups excluding carboxylic acids is 1. The Hall–Kier alpha value is -1.29. The van der Waals surface area contributed by atoms with Crippen LogP contribution in [0.4, 0.5) is 5.69 Å². The van der Waals surface area contributed by atoms with Gasteiger partial charge in [-0.3, -0.25) is 4.79 Å². The zero-order valence-electron chi connectivity index (χ0n) is 9.46. The lowest BCUT2D eigenvalue weighted by Crippen LogP contribution is -2.26. The second kappa shape index (κ2) is 5.70. The zero-order chi connectivity index (χ0) is 12.1. The average molecular weight is 242 g/mol. The molecule has 0 saturated carbocycles. The second-order valence-electron chi connectivity index (χ2n) is 4.03. The Morgan fingerprint density at radius 2 is 2.31 bits per heavy atom. The van der Waals surface area contributed by atoms with Gasteiger partial charge in [-0.15, -0.1) is 0 Å². The molecule has 1 aromatic rings. The van der Waals surface area contributed by atoms with Crippen LogP contribution in [0.3, 0.4) is 0 Å². The molecular formula is C11H16ClN3O. The van der Waals surface area contributed by atoms with Crippen molar-refractivity contribution in [3.63, 3.8) is 0 Å². The molecule has 0 radical (unpaired) electrons. The minimum atomic E-state index is -0.206. The van der Waals surface area contributed by atoms with Crippen molar-refractivity contribution in [3.8, 4) is 0 Å². The van der Waals surface area contributed by atoms with Crippen molar-refractivity contribution in [1.82, 2.24) is 10.3 Å². The van der Waals surface area contributed by atoms with E-state index in [-0.39, 0.29) is 11.1 Å². The molecule has 0 unspecified atom stereocenters. The van der Waals surface area contributed by atoms with Gasteiger partial charge >= 0.3 is 0 Å². The van der Waals surface area contributed by atoms with E-state index in [1.165, 1.54) is 12.3 Å². The zero-order valence-corrected chi connectivity index (χ0v) is 10.2. The Kier molecular flexibility index (Phi) is 4.55. The van der Waals surface area contributed by atoms with Gasteiger partial charge in [-0.25, -0.2) is 4.98 Å². The summed E-state index contributed by atoms with van der Waals surface area (Å²) >= 11 is 5.70. The molecule has 5 heteroatoms. The van der Waals surface area contributed by atoms with Crippen LogP contribution in [0.25, 0.3) is 0 Å². The fourth-order valence-corrected chi connectivity index (χ4v) is 1.36. The Morgan fingerprint density at radius 1 is 1.62 bits per heavy atom. The SMILES string of the molecule is CC(C)CCNC(=O)c1cc(Cl)ncc1N. The van der Waals surface area contributed by atoms with E-state index in [9.17, 15) is 4.79 Å². The normalized spacial score (nSPS) is 10.5. The molecule has 0 fully saturated rings. The van der Waals surface area contributed by atoms with Gasteiger partial charge in [-0.2, -0.15) is 0 Å². The van der Waals surface area contributed by atoms with Gasteiger partial charge in [0.1, 0.15) is 5.15 Å². The Bertz CT molecular complexity index is 379. The maximum atomic E-state index is 11.7.